The molecule has 0 saturated carbocycles. The fourth-order valence-electron chi connectivity index (χ4n) is 2.94. The van der Waals surface area contributed by atoms with E-state index in [4.69, 9.17) is 0 Å². The summed E-state index contributed by atoms with van der Waals surface area (Å²) in [6.07, 6.45) is 2.32. The molecule has 0 radical (unpaired) electrons. The second kappa shape index (κ2) is 3.95. The van der Waals surface area contributed by atoms with Crippen molar-refractivity contribution in [2.24, 2.45) is 5.41 Å². The zero-order valence-electron chi connectivity index (χ0n) is 9.68. The molecule has 0 atom stereocenters. The van der Waals surface area contributed by atoms with E-state index in [1.165, 1.54) is 6.07 Å². The molecule has 0 aromatic heterocycles. The van der Waals surface area contributed by atoms with Gasteiger partial charge in [0.05, 0.1) is 5.69 Å². The van der Waals surface area contributed by atoms with Crippen LogP contribution in [0.4, 0.5) is 14.5 Å². The topological polar surface area (TPSA) is 15.3 Å². The summed E-state index contributed by atoms with van der Waals surface area (Å²) in [6.45, 7) is 3.91. The molecule has 1 N–H and O–H groups in total. The highest BCUT2D eigenvalue weighted by Gasteiger charge is 2.43. The number of benzene rings is 1. The van der Waals surface area contributed by atoms with Crippen molar-refractivity contribution in [1.29, 1.82) is 0 Å². The molecule has 2 aliphatic rings. The number of nitrogens with one attached hydrogen (secondary N) is 1. The van der Waals surface area contributed by atoms with E-state index in [9.17, 15) is 8.78 Å². The van der Waals surface area contributed by atoms with Crippen LogP contribution in [0.5, 0.6) is 0 Å². The Kier molecular flexibility index (Phi) is 2.54. The van der Waals surface area contributed by atoms with Gasteiger partial charge in [0, 0.05) is 24.6 Å². The predicted octanol–water partition coefficient (Wildman–Crippen LogP) is 2.15. The van der Waals surface area contributed by atoms with Gasteiger partial charge in [0.25, 0.3) is 0 Å². The number of hydrogen-bond donors (Lipinski definition) is 1. The van der Waals surface area contributed by atoms with Gasteiger partial charge < -0.3 is 10.2 Å². The lowest BCUT2D eigenvalue weighted by Crippen LogP contribution is -2.60. The molecule has 17 heavy (non-hydrogen) atoms. The lowest BCUT2D eigenvalue weighted by molar-refractivity contribution is 0.149. The molecule has 2 fully saturated rings. The average molecular weight is 238 g/mol. The molecule has 0 unspecified atom stereocenters. The molecule has 2 saturated heterocycles. The standard InChI is InChI=1S/C13H16F2N2/c14-10-1-2-12(11(15)7-10)17-8-13(9-17)3-5-16-6-4-13/h1-2,7,16H,3-6,8-9H2. The summed E-state index contributed by atoms with van der Waals surface area (Å²) in [5.74, 6) is -0.961. The number of nitrogens with zero attached hydrogens (tertiary/aromatic N) is 1. The summed E-state index contributed by atoms with van der Waals surface area (Å²) in [6, 6.07) is 3.83. The second-order valence-corrected chi connectivity index (χ2v) is 5.20. The smallest absolute Gasteiger partial charge is 0.149 e. The van der Waals surface area contributed by atoms with Gasteiger partial charge in [-0.15, -0.1) is 0 Å². The summed E-state index contributed by atoms with van der Waals surface area (Å²) < 4.78 is 26.4. The first-order valence-electron chi connectivity index (χ1n) is 6.09. The third-order valence-corrected chi connectivity index (χ3v) is 3.97. The van der Waals surface area contributed by atoms with Crippen LogP contribution in [0.2, 0.25) is 0 Å². The first-order valence-corrected chi connectivity index (χ1v) is 6.09. The van der Waals surface area contributed by atoms with Gasteiger partial charge in [0.2, 0.25) is 0 Å². The molecule has 0 amide bonds. The number of anilines is 1. The van der Waals surface area contributed by atoms with Crippen LogP contribution < -0.4 is 10.2 Å². The van der Waals surface area contributed by atoms with E-state index < -0.39 is 11.6 Å². The molecule has 2 aliphatic heterocycles. The number of rotatable bonds is 1. The third-order valence-electron chi connectivity index (χ3n) is 3.97. The predicted molar refractivity (Wildman–Crippen MR) is 63.1 cm³/mol. The van der Waals surface area contributed by atoms with Crippen LogP contribution in [0, 0.1) is 17.0 Å². The fraction of sp³-hybridized carbons (Fsp3) is 0.538. The molecule has 3 rings (SSSR count). The highest BCUT2D eigenvalue weighted by atomic mass is 19.1. The molecule has 2 heterocycles. The maximum Gasteiger partial charge on any atom is 0.149 e. The molecule has 0 bridgehead atoms. The van der Waals surface area contributed by atoms with Gasteiger partial charge in [-0.3, -0.25) is 0 Å². The number of hydrogen-bond acceptors (Lipinski definition) is 2. The zero-order valence-corrected chi connectivity index (χ0v) is 9.68. The van der Waals surface area contributed by atoms with Crippen molar-refractivity contribution in [2.75, 3.05) is 31.1 Å². The molecule has 0 aliphatic carbocycles. The van der Waals surface area contributed by atoms with E-state index in [-0.39, 0.29) is 0 Å². The van der Waals surface area contributed by atoms with E-state index in [0.717, 1.165) is 45.1 Å². The van der Waals surface area contributed by atoms with E-state index in [0.29, 0.717) is 11.1 Å². The van der Waals surface area contributed by atoms with Gasteiger partial charge in [0.1, 0.15) is 11.6 Å². The third kappa shape index (κ3) is 1.90. The first-order chi connectivity index (χ1) is 8.19. The first kappa shape index (κ1) is 11.0. The Balaban J connectivity index is 1.72. The highest BCUT2D eigenvalue weighted by molar-refractivity contribution is 5.51. The number of piperidine rings is 1. The SMILES string of the molecule is Fc1ccc(N2CC3(CCNCC3)C2)c(F)c1. The van der Waals surface area contributed by atoms with Crippen molar-refractivity contribution >= 4 is 5.69 Å². The van der Waals surface area contributed by atoms with Gasteiger partial charge in [-0.05, 0) is 38.1 Å². The molecule has 4 heteroatoms. The van der Waals surface area contributed by atoms with Crippen LogP contribution in [0.25, 0.3) is 0 Å². The maximum atomic E-state index is 13.6. The normalized spacial score (nSPS) is 22.6. The van der Waals surface area contributed by atoms with Gasteiger partial charge in [-0.2, -0.15) is 0 Å². The summed E-state index contributed by atoms with van der Waals surface area (Å²) >= 11 is 0. The van der Waals surface area contributed by atoms with Crippen molar-refractivity contribution in [3.05, 3.63) is 29.8 Å². The molecule has 1 aromatic carbocycles. The molecule has 1 spiro atoms. The molecule has 1 aromatic rings. The highest BCUT2D eigenvalue weighted by Crippen LogP contribution is 2.41. The Bertz CT molecular complexity index is 419. The van der Waals surface area contributed by atoms with Crippen LogP contribution in [-0.4, -0.2) is 26.2 Å². The molecule has 2 nitrogen and oxygen atoms in total. The van der Waals surface area contributed by atoms with E-state index in [2.05, 4.69) is 5.32 Å². The van der Waals surface area contributed by atoms with Crippen LogP contribution >= 0.6 is 0 Å². The van der Waals surface area contributed by atoms with Crippen molar-refractivity contribution < 1.29 is 8.78 Å². The van der Waals surface area contributed by atoms with E-state index in [1.807, 2.05) is 4.90 Å². The Morgan fingerprint density at radius 2 is 1.82 bits per heavy atom. The zero-order chi connectivity index (χ0) is 11.9. The summed E-state index contributed by atoms with van der Waals surface area (Å²) in [5, 5.41) is 3.34. The van der Waals surface area contributed by atoms with Crippen LogP contribution in [0.15, 0.2) is 18.2 Å². The second-order valence-electron chi connectivity index (χ2n) is 5.20. The monoisotopic (exact) mass is 238 g/mol. The van der Waals surface area contributed by atoms with Crippen LogP contribution in [0.3, 0.4) is 0 Å². The molecular formula is C13H16F2N2. The minimum absolute atomic E-state index is 0.367. The largest absolute Gasteiger partial charge is 0.368 e. The number of halogens is 2. The van der Waals surface area contributed by atoms with Gasteiger partial charge >= 0.3 is 0 Å². The minimum Gasteiger partial charge on any atom is -0.368 e. The Morgan fingerprint density at radius 1 is 1.12 bits per heavy atom. The van der Waals surface area contributed by atoms with Crippen molar-refractivity contribution in [2.45, 2.75) is 12.8 Å². The van der Waals surface area contributed by atoms with Crippen molar-refractivity contribution in [3.8, 4) is 0 Å². The van der Waals surface area contributed by atoms with Gasteiger partial charge in [0.15, 0.2) is 0 Å². The van der Waals surface area contributed by atoms with Crippen LogP contribution in [0.1, 0.15) is 12.8 Å². The summed E-state index contributed by atoms with van der Waals surface area (Å²) in [4.78, 5) is 2.01. The van der Waals surface area contributed by atoms with Crippen LogP contribution in [-0.2, 0) is 0 Å². The molecule has 92 valence electrons. The summed E-state index contributed by atoms with van der Waals surface area (Å²) in [7, 11) is 0. The van der Waals surface area contributed by atoms with Crippen molar-refractivity contribution in [1.82, 2.24) is 5.32 Å². The Morgan fingerprint density at radius 3 is 2.47 bits per heavy atom. The maximum absolute atomic E-state index is 13.6. The summed E-state index contributed by atoms with van der Waals surface area (Å²) in [5.41, 5.74) is 0.905. The minimum atomic E-state index is -0.511. The quantitative estimate of drug-likeness (QED) is 0.806. The Labute approximate surface area is 99.6 Å². The average Bonchev–Trinajstić information content (AvgIpc) is 2.27. The fourth-order valence-corrected chi connectivity index (χ4v) is 2.94. The Hall–Kier alpha value is -1.16. The van der Waals surface area contributed by atoms with E-state index >= 15 is 0 Å². The van der Waals surface area contributed by atoms with Crippen molar-refractivity contribution in [3.63, 3.8) is 0 Å². The lowest BCUT2D eigenvalue weighted by atomic mass is 9.72. The van der Waals surface area contributed by atoms with Gasteiger partial charge in [-0.1, -0.05) is 0 Å². The lowest BCUT2D eigenvalue weighted by Gasteiger charge is -2.53. The van der Waals surface area contributed by atoms with Gasteiger partial charge in [-0.25, -0.2) is 8.78 Å². The van der Waals surface area contributed by atoms with E-state index in [1.54, 1.807) is 6.07 Å². The molecular weight excluding hydrogens is 222 g/mol.